The van der Waals surface area contributed by atoms with Gasteiger partial charge in [-0.05, 0) is 51.4 Å². The van der Waals surface area contributed by atoms with Crippen molar-refractivity contribution in [1.29, 1.82) is 0 Å². The molecule has 0 aliphatic carbocycles. The first-order valence-corrected chi connectivity index (χ1v) is 18.5. The van der Waals surface area contributed by atoms with Gasteiger partial charge in [0.2, 0.25) is 0 Å². The van der Waals surface area contributed by atoms with E-state index in [1.165, 1.54) is 51.4 Å². The molecule has 0 amide bonds. The van der Waals surface area contributed by atoms with Gasteiger partial charge < -0.3 is 28.6 Å². The Morgan fingerprint density at radius 3 is 1.79 bits per heavy atom. The summed E-state index contributed by atoms with van der Waals surface area (Å²) < 4.78 is 17.0. The molecule has 47 heavy (non-hydrogen) atoms. The third kappa shape index (κ3) is 29.4. The Morgan fingerprint density at radius 2 is 1.17 bits per heavy atom. The van der Waals surface area contributed by atoms with Crippen LogP contribution in [-0.2, 0) is 28.6 Å². The standard InChI is InChI=1S/C39H69NO7/c1-6-8-10-12-14-16-17-18-19-20-21-22-24-26-28-30-38(42)47-35(33-45-32-31-36(39(43)44)40(3,4)5)34-46-37(41)29-27-25-23-15-13-11-9-7-2/h14,16-18,23,25,35-36H,6-13,15,19-22,24,26-34H2,1-5H3/b16-14+,18-17+,25-23+. The third-order valence-corrected chi connectivity index (χ3v) is 8.04. The van der Waals surface area contributed by atoms with Gasteiger partial charge in [0.05, 0.1) is 40.3 Å². The van der Waals surface area contributed by atoms with E-state index in [2.05, 4.69) is 44.2 Å². The van der Waals surface area contributed by atoms with Gasteiger partial charge in [0.25, 0.3) is 0 Å². The van der Waals surface area contributed by atoms with E-state index in [1.54, 1.807) is 21.1 Å². The minimum absolute atomic E-state index is 0.0245. The predicted molar refractivity (Wildman–Crippen MR) is 190 cm³/mol. The van der Waals surface area contributed by atoms with Gasteiger partial charge in [-0.15, -0.1) is 0 Å². The molecule has 0 rings (SSSR count). The molecule has 0 N–H and O–H groups in total. The summed E-state index contributed by atoms with van der Waals surface area (Å²) in [6, 6.07) is -0.729. The van der Waals surface area contributed by atoms with Crippen LogP contribution in [0, 0.1) is 0 Å². The number of carboxylic acids is 1. The van der Waals surface area contributed by atoms with Crippen molar-refractivity contribution in [1.82, 2.24) is 0 Å². The maximum atomic E-state index is 12.6. The first-order chi connectivity index (χ1) is 22.6. The number of rotatable bonds is 32. The summed E-state index contributed by atoms with van der Waals surface area (Å²) in [4.78, 5) is 36.5. The highest BCUT2D eigenvalue weighted by Crippen LogP contribution is 2.12. The molecule has 0 heterocycles. The smallest absolute Gasteiger partial charge is 0.306 e. The van der Waals surface area contributed by atoms with E-state index in [9.17, 15) is 19.5 Å². The van der Waals surface area contributed by atoms with Crippen LogP contribution in [0.1, 0.15) is 142 Å². The van der Waals surface area contributed by atoms with Gasteiger partial charge in [-0.2, -0.15) is 0 Å². The van der Waals surface area contributed by atoms with Gasteiger partial charge in [0.1, 0.15) is 12.6 Å². The topological polar surface area (TPSA) is 102 Å². The predicted octanol–water partition coefficient (Wildman–Crippen LogP) is 7.79. The highest BCUT2D eigenvalue weighted by molar-refractivity contribution is 5.70. The zero-order valence-corrected chi connectivity index (χ0v) is 30.7. The van der Waals surface area contributed by atoms with Crippen LogP contribution in [0.3, 0.4) is 0 Å². The van der Waals surface area contributed by atoms with E-state index in [4.69, 9.17) is 14.2 Å². The number of carboxylic acid groups (broad SMARTS) is 1. The highest BCUT2D eigenvalue weighted by Gasteiger charge is 2.25. The number of carbonyl (C=O) groups is 3. The summed E-state index contributed by atoms with van der Waals surface area (Å²) in [6.07, 6.45) is 31.9. The first kappa shape index (κ1) is 44.5. The fraction of sp³-hybridized carbons (Fsp3) is 0.769. The number of hydrogen-bond acceptors (Lipinski definition) is 7. The Balaban J connectivity index is 4.47. The van der Waals surface area contributed by atoms with E-state index in [1.807, 2.05) is 6.08 Å². The summed E-state index contributed by atoms with van der Waals surface area (Å²) in [5.74, 6) is -1.82. The summed E-state index contributed by atoms with van der Waals surface area (Å²) in [5, 5.41) is 11.5. The van der Waals surface area contributed by atoms with Gasteiger partial charge in [-0.1, -0.05) is 108 Å². The SMILES string of the molecule is CCCCC/C=C/C=C/CCCCCCCCC(=O)OC(COCCC(C(=O)[O-])[N+](C)(C)C)COC(=O)CC/C=C/CCCCCC. The Morgan fingerprint density at radius 1 is 0.638 bits per heavy atom. The first-order valence-electron chi connectivity index (χ1n) is 18.5. The molecule has 0 spiro atoms. The summed E-state index contributed by atoms with van der Waals surface area (Å²) in [7, 11) is 5.37. The van der Waals surface area contributed by atoms with E-state index < -0.39 is 18.1 Å². The zero-order valence-electron chi connectivity index (χ0n) is 30.7. The summed E-state index contributed by atoms with van der Waals surface area (Å²) in [6.45, 7) is 4.51. The number of nitrogens with zero attached hydrogens (tertiary/aromatic N) is 1. The Bertz CT molecular complexity index is 875. The number of ether oxygens (including phenoxy) is 3. The van der Waals surface area contributed by atoms with Crippen molar-refractivity contribution < 1.29 is 38.2 Å². The van der Waals surface area contributed by atoms with Crippen molar-refractivity contribution in [3.8, 4) is 0 Å². The van der Waals surface area contributed by atoms with Crippen molar-refractivity contribution in [2.45, 2.75) is 154 Å². The number of esters is 2. The number of aliphatic carboxylic acids is 1. The van der Waals surface area contributed by atoms with Crippen LogP contribution in [0.25, 0.3) is 0 Å². The Labute approximate surface area is 287 Å². The minimum Gasteiger partial charge on any atom is -0.544 e. The molecule has 272 valence electrons. The third-order valence-electron chi connectivity index (χ3n) is 8.04. The second-order valence-electron chi connectivity index (χ2n) is 13.5. The molecule has 8 nitrogen and oxygen atoms in total. The van der Waals surface area contributed by atoms with Crippen molar-refractivity contribution in [3.63, 3.8) is 0 Å². The summed E-state index contributed by atoms with van der Waals surface area (Å²) >= 11 is 0. The maximum Gasteiger partial charge on any atom is 0.306 e. The monoisotopic (exact) mass is 664 g/mol. The van der Waals surface area contributed by atoms with Crippen LogP contribution in [0.4, 0.5) is 0 Å². The number of allylic oxidation sites excluding steroid dienone is 6. The quantitative estimate of drug-likeness (QED) is 0.0238. The normalized spacial score (nSPS) is 13.5. The van der Waals surface area contributed by atoms with Crippen LogP contribution >= 0.6 is 0 Å². The number of unbranched alkanes of at least 4 members (excludes halogenated alkanes) is 13. The van der Waals surface area contributed by atoms with Gasteiger partial charge >= 0.3 is 11.9 Å². The van der Waals surface area contributed by atoms with Gasteiger partial charge in [-0.3, -0.25) is 9.59 Å². The van der Waals surface area contributed by atoms with Crippen LogP contribution in [-0.4, -0.2) is 75.5 Å². The van der Waals surface area contributed by atoms with Crippen LogP contribution < -0.4 is 5.11 Å². The lowest BCUT2D eigenvalue weighted by atomic mass is 10.1. The molecule has 0 aliphatic heterocycles. The largest absolute Gasteiger partial charge is 0.544 e. The van der Waals surface area contributed by atoms with E-state index in [0.717, 1.165) is 51.4 Å². The van der Waals surface area contributed by atoms with Crippen molar-refractivity contribution >= 4 is 17.9 Å². The number of carbonyl (C=O) groups excluding carboxylic acids is 3. The van der Waals surface area contributed by atoms with Crippen LogP contribution in [0.15, 0.2) is 36.5 Å². The number of hydrogen-bond donors (Lipinski definition) is 0. The Kier molecular flexibility index (Phi) is 29.2. The molecule has 0 bridgehead atoms. The number of quaternary nitrogens is 1. The zero-order chi connectivity index (χ0) is 35.0. The van der Waals surface area contributed by atoms with E-state index in [0.29, 0.717) is 12.8 Å². The molecule has 0 saturated carbocycles. The lowest BCUT2D eigenvalue weighted by Crippen LogP contribution is -2.55. The molecular formula is C39H69NO7. The average Bonchev–Trinajstić information content (AvgIpc) is 3.01. The van der Waals surface area contributed by atoms with Crippen molar-refractivity contribution in [2.75, 3.05) is 41.0 Å². The highest BCUT2D eigenvalue weighted by atomic mass is 16.6. The lowest BCUT2D eigenvalue weighted by Gasteiger charge is -2.34. The molecule has 0 aromatic heterocycles. The molecular weight excluding hydrogens is 594 g/mol. The lowest BCUT2D eigenvalue weighted by molar-refractivity contribution is -0.889. The summed E-state index contributed by atoms with van der Waals surface area (Å²) in [5.41, 5.74) is 0. The number of likely N-dealkylation sites (N-methyl/N-ethyl adjacent to an activating group) is 1. The van der Waals surface area contributed by atoms with E-state index in [-0.39, 0.29) is 49.1 Å². The fourth-order valence-electron chi connectivity index (χ4n) is 5.08. The van der Waals surface area contributed by atoms with Gasteiger partial charge in [0, 0.05) is 19.3 Å². The average molecular weight is 664 g/mol. The van der Waals surface area contributed by atoms with Crippen LogP contribution in [0.2, 0.25) is 0 Å². The van der Waals surface area contributed by atoms with Gasteiger partial charge in [0.15, 0.2) is 6.10 Å². The molecule has 0 aromatic rings. The van der Waals surface area contributed by atoms with Gasteiger partial charge in [-0.25, -0.2) is 0 Å². The molecule has 0 radical (unpaired) electrons. The van der Waals surface area contributed by atoms with Crippen molar-refractivity contribution in [3.05, 3.63) is 36.5 Å². The maximum absolute atomic E-state index is 12.6. The van der Waals surface area contributed by atoms with Crippen LogP contribution in [0.5, 0.6) is 0 Å². The minimum atomic E-state index is -1.13. The Hall–Kier alpha value is -2.45. The molecule has 0 fully saturated rings. The molecule has 0 aliphatic rings. The fourth-order valence-corrected chi connectivity index (χ4v) is 5.08. The molecule has 8 heteroatoms. The molecule has 0 aromatic carbocycles. The second-order valence-corrected chi connectivity index (χ2v) is 13.5. The van der Waals surface area contributed by atoms with E-state index >= 15 is 0 Å². The molecule has 2 atom stereocenters. The van der Waals surface area contributed by atoms with Crippen molar-refractivity contribution in [2.24, 2.45) is 0 Å². The molecule has 0 saturated heterocycles. The second kappa shape index (κ2) is 30.9. The molecule has 2 unspecified atom stereocenters.